The Morgan fingerprint density at radius 1 is 1.27 bits per heavy atom. The van der Waals surface area contributed by atoms with Crippen molar-refractivity contribution in [2.75, 3.05) is 11.9 Å². The fourth-order valence-electron chi connectivity index (χ4n) is 2.76. The van der Waals surface area contributed by atoms with E-state index < -0.39 is 0 Å². The van der Waals surface area contributed by atoms with Crippen LogP contribution in [0.2, 0.25) is 0 Å². The van der Waals surface area contributed by atoms with Crippen LogP contribution in [0.5, 0.6) is 0 Å². The van der Waals surface area contributed by atoms with Gasteiger partial charge in [0.25, 0.3) is 0 Å². The summed E-state index contributed by atoms with van der Waals surface area (Å²) in [4.78, 5) is 13.3. The van der Waals surface area contributed by atoms with Gasteiger partial charge >= 0.3 is 6.03 Å². The first kappa shape index (κ1) is 17.2. The maximum Gasteiger partial charge on any atom is 0.319 e. The predicted octanol–water partition coefficient (Wildman–Crippen LogP) is 3.86. The highest BCUT2D eigenvalue weighted by atomic mass is 32.2. The highest BCUT2D eigenvalue weighted by Gasteiger charge is 2.22. The van der Waals surface area contributed by atoms with Crippen LogP contribution in [0.15, 0.2) is 29.2 Å². The third kappa shape index (κ3) is 5.21. The maximum atomic E-state index is 12.2. The number of aliphatic hydroxyl groups is 1. The fourth-order valence-corrected chi connectivity index (χ4v) is 3.67. The summed E-state index contributed by atoms with van der Waals surface area (Å²) in [5.74, 6) is 0.407. The van der Waals surface area contributed by atoms with E-state index in [0.717, 1.165) is 36.3 Å². The molecule has 0 saturated heterocycles. The van der Waals surface area contributed by atoms with Crippen LogP contribution >= 0.6 is 11.8 Å². The molecule has 2 amide bonds. The molecule has 122 valence electrons. The Kier molecular flexibility index (Phi) is 6.58. The Hall–Kier alpha value is -1.20. The minimum Gasteiger partial charge on any atom is -0.396 e. The number of carbonyl (C=O) groups is 1. The first-order chi connectivity index (χ1) is 10.6. The van der Waals surface area contributed by atoms with Crippen LogP contribution in [0, 0.1) is 5.92 Å². The van der Waals surface area contributed by atoms with Crippen molar-refractivity contribution in [3.63, 3.8) is 0 Å². The number of hydrogen-bond donors (Lipinski definition) is 3. The lowest BCUT2D eigenvalue weighted by Gasteiger charge is -2.28. The van der Waals surface area contributed by atoms with Gasteiger partial charge in [0.15, 0.2) is 0 Å². The zero-order valence-electron chi connectivity index (χ0n) is 13.3. The molecule has 3 N–H and O–H groups in total. The molecule has 1 aromatic rings. The Balaban J connectivity index is 1.87. The van der Waals surface area contributed by atoms with Gasteiger partial charge < -0.3 is 15.7 Å². The molecule has 0 radical (unpaired) electrons. The third-order valence-electron chi connectivity index (χ3n) is 3.94. The number of anilines is 1. The molecule has 0 aliphatic heterocycles. The summed E-state index contributed by atoms with van der Waals surface area (Å²) < 4.78 is 0. The van der Waals surface area contributed by atoms with E-state index in [1.807, 2.05) is 24.3 Å². The molecule has 2 rings (SSSR count). The van der Waals surface area contributed by atoms with Crippen LogP contribution < -0.4 is 10.6 Å². The molecule has 0 heterocycles. The first-order valence-corrected chi connectivity index (χ1v) is 8.90. The van der Waals surface area contributed by atoms with Crippen molar-refractivity contribution >= 4 is 23.5 Å². The van der Waals surface area contributed by atoms with Crippen LogP contribution in [0.25, 0.3) is 0 Å². The number of nitrogens with one attached hydrogen (secondary N) is 2. The molecule has 0 spiro atoms. The van der Waals surface area contributed by atoms with Gasteiger partial charge in [0.1, 0.15) is 0 Å². The SMILES string of the molecule is CC(C)Sc1ccccc1NC(=O)NC1CCC(CO)CC1. The van der Waals surface area contributed by atoms with Crippen molar-refractivity contribution in [1.82, 2.24) is 5.32 Å². The fraction of sp³-hybridized carbons (Fsp3) is 0.588. The monoisotopic (exact) mass is 322 g/mol. The summed E-state index contributed by atoms with van der Waals surface area (Å²) in [7, 11) is 0. The molecule has 4 nitrogen and oxygen atoms in total. The minimum absolute atomic E-state index is 0.135. The lowest BCUT2D eigenvalue weighted by Crippen LogP contribution is -2.40. The zero-order valence-corrected chi connectivity index (χ0v) is 14.2. The average molecular weight is 322 g/mol. The van der Waals surface area contributed by atoms with Gasteiger partial charge in [0.05, 0.1) is 5.69 Å². The topological polar surface area (TPSA) is 61.4 Å². The molecule has 0 aromatic heterocycles. The quantitative estimate of drug-likeness (QED) is 0.721. The van der Waals surface area contributed by atoms with Crippen LogP contribution in [0.4, 0.5) is 10.5 Å². The number of hydrogen-bond acceptors (Lipinski definition) is 3. The second-order valence-electron chi connectivity index (χ2n) is 6.16. The zero-order chi connectivity index (χ0) is 15.9. The number of rotatable bonds is 5. The van der Waals surface area contributed by atoms with Gasteiger partial charge in [0, 0.05) is 22.8 Å². The normalized spacial score (nSPS) is 21.6. The van der Waals surface area contributed by atoms with E-state index in [2.05, 4.69) is 24.5 Å². The standard InChI is InChI=1S/C17H26N2O2S/c1-12(2)22-16-6-4-3-5-15(16)19-17(21)18-14-9-7-13(11-20)8-10-14/h3-6,12-14,20H,7-11H2,1-2H3,(H2,18,19,21). The summed E-state index contributed by atoms with van der Waals surface area (Å²) in [5, 5.41) is 15.6. The number of carbonyl (C=O) groups excluding carboxylic acids is 1. The molecule has 0 bridgehead atoms. The molecule has 1 saturated carbocycles. The Morgan fingerprint density at radius 2 is 1.95 bits per heavy atom. The highest BCUT2D eigenvalue weighted by molar-refractivity contribution is 8.00. The molecule has 0 atom stereocenters. The molecule has 1 aliphatic carbocycles. The predicted molar refractivity (Wildman–Crippen MR) is 92.4 cm³/mol. The van der Waals surface area contributed by atoms with E-state index in [1.54, 1.807) is 11.8 Å². The van der Waals surface area contributed by atoms with Crippen LogP contribution in [0.3, 0.4) is 0 Å². The van der Waals surface area contributed by atoms with E-state index in [9.17, 15) is 4.79 Å². The first-order valence-electron chi connectivity index (χ1n) is 8.02. The van der Waals surface area contributed by atoms with Crippen LogP contribution in [-0.2, 0) is 0 Å². The lowest BCUT2D eigenvalue weighted by molar-refractivity contribution is 0.176. The number of amides is 2. The van der Waals surface area contributed by atoms with Crippen LogP contribution in [0.1, 0.15) is 39.5 Å². The summed E-state index contributed by atoms with van der Waals surface area (Å²) in [6.07, 6.45) is 3.87. The number of para-hydroxylation sites is 1. The van der Waals surface area contributed by atoms with Gasteiger partial charge in [0.2, 0.25) is 0 Å². The molecular formula is C17H26N2O2S. The molecule has 0 unspecified atom stereocenters. The summed E-state index contributed by atoms with van der Waals surface area (Å²) in [6.45, 7) is 4.54. The van der Waals surface area contributed by atoms with Crippen molar-refractivity contribution in [3.8, 4) is 0 Å². The number of thioether (sulfide) groups is 1. The smallest absolute Gasteiger partial charge is 0.319 e. The maximum absolute atomic E-state index is 12.2. The largest absolute Gasteiger partial charge is 0.396 e. The molecule has 1 aromatic carbocycles. The summed E-state index contributed by atoms with van der Waals surface area (Å²) in [5.41, 5.74) is 0.864. The van der Waals surface area contributed by atoms with Crippen molar-refractivity contribution in [2.24, 2.45) is 5.92 Å². The summed E-state index contributed by atoms with van der Waals surface area (Å²) in [6, 6.07) is 7.98. The van der Waals surface area contributed by atoms with Gasteiger partial charge in [-0.05, 0) is 43.7 Å². The lowest BCUT2D eigenvalue weighted by atomic mass is 9.87. The second-order valence-corrected chi connectivity index (χ2v) is 7.78. The minimum atomic E-state index is -0.135. The van der Waals surface area contributed by atoms with Crippen LogP contribution in [-0.4, -0.2) is 29.0 Å². The molecule has 1 fully saturated rings. The number of urea groups is 1. The van der Waals surface area contributed by atoms with Crippen molar-refractivity contribution in [1.29, 1.82) is 0 Å². The van der Waals surface area contributed by atoms with E-state index in [-0.39, 0.29) is 18.7 Å². The van der Waals surface area contributed by atoms with Gasteiger partial charge in [-0.1, -0.05) is 26.0 Å². The Labute approximate surface area is 137 Å². The number of benzene rings is 1. The summed E-state index contributed by atoms with van der Waals surface area (Å²) >= 11 is 1.75. The van der Waals surface area contributed by atoms with Gasteiger partial charge in [-0.15, -0.1) is 11.8 Å². The Bertz CT molecular complexity index is 485. The van der Waals surface area contributed by atoms with Crippen molar-refractivity contribution in [3.05, 3.63) is 24.3 Å². The van der Waals surface area contributed by atoms with E-state index in [0.29, 0.717) is 11.2 Å². The molecule has 1 aliphatic rings. The molecular weight excluding hydrogens is 296 g/mol. The van der Waals surface area contributed by atoms with E-state index >= 15 is 0 Å². The highest BCUT2D eigenvalue weighted by Crippen LogP contribution is 2.30. The number of aliphatic hydroxyl groups excluding tert-OH is 1. The van der Waals surface area contributed by atoms with E-state index in [4.69, 9.17) is 5.11 Å². The average Bonchev–Trinajstić information content (AvgIpc) is 2.49. The van der Waals surface area contributed by atoms with Crippen molar-refractivity contribution < 1.29 is 9.90 Å². The third-order valence-corrected chi connectivity index (χ3v) is 5.02. The molecule has 22 heavy (non-hydrogen) atoms. The second kappa shape index (κ2) is 8.44. The van der Waals surface area contributed by atoms with Gasteiger partial charge in [-0.25, -0.2) is 4.79 Å². The van der Waals surface area contributed by atoms with E-state index in [1.165, 1.54) is 0 Å². The van der Waals surface area contributed by atoms with Gasteiger partial charge in [-0.2, -0.15) is 0 Å². The Morgan fingerprint density at radius 3 is 2.59 bits per heavy atom. The van der Waals surface area contributed by atoms with Crippen molar-refractivity contribution in [2.45, 2.75) is 55.7 Å². The van der Waals surface area contributed by atoms with Gasteiger partial charge in [-0.3, -0.25) is 0 Å². The molecule has 5 heteroatoms.